The van der Waals surface area contributed by atoms with Crippen molar-refractivity contribution in [3.63, 3.8) is 0 Å². The van der Waals surface area contributed by atoms with Gasteiger partial charge in [-0.3, -0.25) is 4.98 Å². The van der Waals surface area contributed by atoms with Crippen LogP contribution in [-0.2, 0) is 6.42 Å². The minimum Gasteiger partial charge on any atom is -0.251 e. The van der Waals surface area contributed by atoms with E-state index < -0.39 is 0 Å². The molecule has 2 nitrogen and oxygen atoms in total. The first kappa shape index (κ1) is 10.2. The van der Waals surface area contributed by atoms with E-state index in [0.29, 0.717) is 0 Å². The summed E-state index contributed by atoms with van der Waals surface area (Å²) in [6.07, 6.45) is 3.29. The Labute approximate surface area is 91.8 Å². The lowest BCUT2D eigenvalue weighted by atomic mass is 10.3. The largest absolute Gasteiger partial charge is 0.251 e. The summed E-state index contributed by atoms with van der Waals surface area (Å²) < 4.78 is 12.6. The van der Waals surface area contributed by atoms with Crippen molar-refractivity contribution >= 4 is 11.3 Å². The summed E-state index contributed by atoms with van der Waals surface area (Å²) in [7, 11) is 0. The molecule has 0 unspecified atom stereocenters. The number of rotatable bonds is 3. The Kier molecular flexibility index (Phi) is 3.06. The Morgan fingerprint density at radius 3 is 2.93 bits per heavy atom. The Bertz CT molecular complexity index is 436. The molecule has 0 fully saturated rings. The van der Waals surface area contributed by atoms with E-state index in [1.54, 1.807) is 17.4 Å². The zero-order chi connectivity index (χ0) is 10.7. The molecule has 0 aliphatic rings. The first-order valence-electron chi connectivity index (χ1n) is 4.86. The van der Waals surface area contributed by atoms with E-state index >= 15 is 0 Å². The summed E-state index contributed by atoms with van der Waals surface area (Å²) in [5.74, 6) is -0.316. The molecular weight excluding hydrogens is 211 g/mol. The van der Waals surface area contributed by atoms with Crippen molar-refractivity contribution in [3.8, 4) is 10.7 Å². The molecule has 78 valence electrons. The molecule has 0 aliphatic carbocycles. The molecule has 0 aromatic carbocycles. The van der Waals surface area contributed by atoms with Gasteiger partial charge in [0.25, 0.3) is 0 Å². The smallest absolute Gasteiger partial charge is 0.142 e. The highest BCUT2D eigenvalue weighted by atomic mass is 32.1. The number of hydrogen-bond acceptors (Lipinski definition) is 3. The van der Waals surface area contributed by atoms with Gasteiger partial charge in [-0.05, 0) is 18.6 Å². The van der Waals surface area contributed by atoms with Crippen molar-refractivity contribution in [3.05, 3.63) is 35.2 Å². The van der Waals surface area contributed by atoms with Crippen LogP contribution in [0.15, 0.2) is 23.7 Å². The molecule has 0 saturated heterocycles. The fourth-order valence-electron chi connectivity index (χ4n) is 1.30. The SMILES string of the molecule is CCCc1csc(-c2ccc(F)cn2)n1. The van der Waals surface area contributed by atoms with E-state index in [1.807, 2.05) is 5.38 Å². The second-order valence-corrected chi connectivity index (χ2v) is 4.11. The van der Waals surface area contributed by atoms with Crippen molar-refractivity contribution < 1.29 is 4.39 Å². The molecule has 0 aliphatic heterocycles. The lowest BCUT2D eigenvalue weighted by Gasteiger charge is -1.94. The number of aromatic nitrogens is 2. The fraction of sp³-hybridized carbons (Fsp3) is 0.273. The molecule has 2 rings (SSSR count). The highest BCUT2D eigenvalue weighted by Gasteiger charge is 2.05. The average Bonchev–Trinajstić information content (AvgIpc) is 2.68. The predicted octanol–water partition coefficient (Wildman–Crippen LogP) is 3.30. The summed E-state index contributed by atoms with van der Waals surface area (Å²) >= 11 is 1.55. The third-order valence-corrected chi connectivity index (χ3v) is 2.92. The van der Waals surface area contributed by atoms with Gasteiger partial charge in [0.2, 0.25) is 0 Å². The van der Waals surface area contributed by atoms with E-state index in [2.05, 4.69) is 16.9 Å². The van der Waals surface area contributed by atoms with Crippen LogP contribution in [0.5, 0.6) is 0 Å². The molecule has 4 heteroatoms. The van der Waals surface area contributed by atoms with Gasteiger partial charge in [0, 0.05) is 5.38 Å². The monoisotopic (exact) mass is 222 g/mol. The second kappa shape index (κ2) is 4.49. The molecule has 0 N–H and O–H groups in total. The Balaban J connectivity index is 2.25. The summed E-state index contributed by atoms with van der Waals surface area (Å²) in [6, 6.07) is 3.06. The van der Waals surface area contributed by atoms with Crippen molar-refractivity contribution in [2.75, 3.05) is 0 Å². The molecule has 2 aromatic heterocycles. The van der Waals surface area contributed by atoms with Crippen molar-refractivity contribution in [2.24, 2.45) is 0 Å². The van der Waals surface area contributed by atoms with E-state index in [4.69, 9.17) is 0 Å². The van der Waals surface area contributed by atoms with Gasteiger partial charge >= 0.3 is 0 Å². The topological polar surface area (TPSA) is 25.8 Å². The molecule has 0 spiro atoms. The highest BCUT2D eigenvalue weighted by molar-refractivity contribution is 7.13. The van der Waals surface area contributed by atoms with Crippen LogP contribution in [0.1, 0.15) is 19.0 Å². The van der Waals surface area contributed by atoms with Crippen LogP contribution in [0.3, 0.4) is 0 Å². The van der Waals surface area contributed by atoms with Gasteiger partial charge in [0.15, 0.2) is 0 Å². The minimum atomic E-state index is -0.316. The van der Waals surface area contributed by atoms with Crippen LogP contribution >= 0.6 is 11.3 Å². The van der Waals surface area contributed by atoms with Gasteiger partial charge in [0.1, 0.15) is 10.8 Å². The van der Waals surface area contributed by atoms with Crippen LogP contribution in [-0.4, -0.2) is 9.97 Å². The molecule has 2 heterocycles. The highest BCUT2D eigenvalue weighted by Crippen LogP contribution is 2.22. The van der Waals surface area contributed by atoms with Crippen LogP contribution in [0.4, 0.5) is 4.39 Å². The zero-order valence-electron chi connectivity index (χ0n) is 8.40. The standard InChI is InChI=1S/C11H11FN2S/c1-2-3-9-7-15-11(14-9)10-5-4-8(12)6-13-10/h4-7H,2-3H2,1H3. The number of thiazole rings is 1. The number of aryl methyl sites for hydroxylation is 1. The molecule has 0 radical (unpaired) electrons. The van der Waals surface area contributed by atoms with Crippen molar-refractivity contribution in [2.45, 2.75) is 19.8 Å². The number of pyridine rings is 1. The predicted molar refractivity (Wildman–Crippen MR) is 59.3 cm³/mol. The van der Waals surface area contributed by atoms with Crippen LogP contribution in [0, 0.1) is 5.82 Å². The lowest BCUT2D eigenvalue weighted by molar-refractivity contribution is 0.622. The number of halogens is 1. The number of nitrogens with zero attached hydrogens (tertiary/aromatic N) is 2. The van der Waals surface area contributed by atoms with Gasteiger partial charge in [-0.25, -0.2) is 9.37 Å². The van der Waals surface area contributed by atoms with Gasteiger partial charge < -0.3 is 0 Å². The number of hydrogen-bond donors (Lipinski definition) is 0. The summed E-state index contributed by atoms with van der Waals surface area (Å²) in [5, 5.41) is 2.89. The molecular formula is C11H11FN2S. The van der Waals surface area contributed by atoms with Gasteiger partial charge in [-0.1, -0.05) is 13.3 Å². The first-order chi connectivity index (χ1) is 7.29. The maximum atomic E-state index is 12.6. The van der Waals surface area contributed by atoms with E-state index in [1.165, 1.54) is 12.3 Å². The van der Waals surface area contributed by atoms with Crippen molar-refractivity contribution in [1.82, 2.24) is 9.97 Å². The third kappa shape index (κ3) is 2.39. The van der Waals surface area contributed by atoms with E-state index in [-0.39, 0.29) is 5.82 Å². The fourth-order valence-corrected chi connectivity index (χ4v) is 2.13. The zero-order valence-corrected chi connectivity index (χ0v) is 9.22. The van der Waals surface area contributed by atoms with Gasteiger partial charge in [-0.2, -0.15) is 0 Å². The first-order valence-corrected chi connectivity index (χ1v) is 5.74. The van der Waals surface area contributed by atoms with Crippen LogP contribution < -0.4 is 0 Å². The molecule has 0 saturated carbocycles. The molecule has 0 amide bonds. The third-order valence-electron chi connectivity index (χ3n) is 2.00. The van der Waals surface area contributed by atoms with E-state index in [9.17, 15) is 4.39 Å². The van der Waals surface area contributed by atoms with Crippen LogP contribution in [0.2, 0.25) is 0 Å². The Hall–Kier alpha value is -1.29. The summed E-state index contributed by atoms with van der Waals surface area (Å²) in [4.78, 5) is 8.43. The van der Waals surface area contributed by atoms with Gasteiger partial charge in [0.05, 0.1) is 17.6 Å². The summed E-state index contributed by atoms with van der Waals surface area (Å²) in [6.45, 7) is 2.12. The van der Waals surface area contributed by atoms with Gasteiger partial charge in [-0.15, -0.1) is 11.3 Å². The Morgan fingerprint density at radius 2 is 2.27 bits per heavy atom. The summed E-state index contributed by atoms with van der Waals surface area (Å²) in [5.41, 5.74) is 1.83. The molecule has 0 atom stereocenters. The van der Waals surface area contributed by atoms with Crippen LogP contribution in [0.25, 0.3) is 10.7 Å². The van der Waals surface area contributed by atoms with E-state index in [0.717, 1.165) is 29.2 Å². The molecule has 2 aromatic rings. The maximum absolute atomic E-state index is 12.6. The lowest BCUT2D eigenvalue weighted by Crippen LogP contribution is -1.86. The quantitative estimate of drug-likeness (QED) is 0.796. The minimum absolute atomic E-state index is 0.316. The average molecular weight is 222 g/mol. The van der Waals surface area contributed by atoms with Crippen molar-refractivity contribution in [1.29, 1.82) is 0 Å². The maximum Gasteiger partial charge on any atom is 0.142 e. The second-order valence-electron chi connectivity index (χ2n) is 3.26. The normalized spacial score (nSPS) is 10.5. The Morgan fingerprint density at radius 1 is 1.40 bits per heavy atom. The molecule has 15 heavy (non-hydrogen) atoms. The molecule has 0 bridgehead atoms.